The molecule has 0 spiro atoms. The predicted molar refractivity (Wildman–Crippen MR) is 68.3 cm³/mol. The van der Waals surface area contributed by atoms with Gasteiger partial charge in [0, 0.05) is 5.56 Å². The van der Waals surface area contributed by atoms with Crippen LogP contribution in [0.15, 0.2) is 35.0 Å². The third kappa shape index (κ3) is 2.40. The largest absolute Gasteiger partial charge is 0.419 e. The molecule has 3 aromatic rings. The van der Waals surface area contributed by atoms with E-state index in [0.717, 1.165) is 5.56 Å². The van der Waals surface area contributed by atoms with Crippen molar-refractivity contribution < 1.29 is 4.42 Å². The van der Waals surface area contributed by atoms with E-state index in [-0.39, 0.29) is 12.4 Å². The molecule has 0 unspecified atom stereocenters. The highest BCUT2D eigenvalue weighted by Gasteiger charge is 2.09. The van der Waals surface area contributed by atoms with Crippen molar-refractivity contribution in [3.63, 3.8) is 0 Å². The highest BCUT2D eigenvalue weighted by atomic mass is 16.4. The number of rotatable bonds is 3. The lowest BCUT2D eigenvalue weighted by Gasteiger charge is -1.96. The van der Waals surface area contributed by atoms with Crippen molar-refractivity contribution in [2.45, 2.75) is 13.5 Å². The Balaban J connectivity index is 1.80. The van der Waals surface area contributed by atoms with Crippen LogP contribution in [0.4, 0.5) is 0 Å². The van der Waals surface area contributed by atoms with Gasteiger partial charge in [-0.15, -0.1) is 15.3 Å². The fraction of sp³-hybridized carbons (Fsp3) is 0.154. The van der Waals surface area contributed by atoms with Gasteiger partial charge in [-0.1, -0.05) is 17.7 Å². The summed E-state index contributed by atoms with van der Waals surface area (Å²) in [4.78, 5) is 3.81. The van der Waals surface area contributed by atoms with Crippen LogP contribution in [0.2, 0.25) is 0 Å². The Bertz CT molecular complexity index is 765. The Morgan fingerprint density at radius 1 is 1.25 bits per heavy atom. The van der Waals surface area contributed by atoms with E-state index in [1.807, 2.05) is 37.3 Å². The first-order valence-electron chi connectivity index (χ1n) is 5.93. The molecule has 98 valence electrons. The molecule has 0 atom stereocenters. The average molecular weight is 266 g/mol. The van der Waals surface area contributed by atoms with Crippen molar-refractivity contribution in [3.8, 4) is 17.5 Å². The van der Waals surface area contributed by atoms with Crippen molar-refractivity contribution in [1.29, 1.82) is 5.26 Å². The molecule has 0 aliphatic carbocycles. The van der Waals surface area contributed by atoms with Crippen LogP contribution in [0.25, 0.3) is 11.5 Å². The van der Waals surface area contributed by atoms with Gasteiger partial charge in [0.05, 0.1) is 0 Å². The number of aryl methyl sites for hydroxylation is 1. The smallest absolute Gasteiger partial charge is 0.252 e. The molecule has 0 saturated heterocycles. The van der Waals surface area contributed by atoms with Gasteiger partial charge in [-0.2, -0.15) is 5.26 Å². The molecule has 1 aromatic carbocycles. The molecule has 3 rings (SSSR count). The number of hydrogen-bond acceptors (Lipinski definition) is 6. The molecule has 2 aromatic heterocycles. The molecule has 20 heavy (non-hydrogen) atoms. The SMILES string of the molecule is Cc1ccc(-c2nnc(Cn3cnc(C#N)n3)o2)cc1. The highest BCUT2D eigenvalue weighted by Crippen LogP contribution is 2.18. The summed E-state index contributed by atoms with van der Waals surface area (Å²) >= 11 is 0. The summed E-state index contributed by atoms with van der Waals surface area (Å²) in [5.74, 6) is 0.985. The monoisotopic (exact) mass is 266 g/mol. The normalized spacial score (nSPS) is 10.4. The minimum atomic E-state index is 0.114. The van der Waals surface area contributed by atoms with E-state index in [4.69, 9.17) is 9.68 Å². The second-order valence-corrected chi connectivity index (χ2v) is 4.24. The van der Waals surface area contributed by atoms with Crippen LogP contribution in [-0.2, 0) is 6.54 Å². The first-order valence-corrected chi connectivity index (χ1v) is 5.93. The summed E-state index contributed by atoms with van der Waals surface area (Å²) in [5.41, 5.74) is 2.03. The Morgan fingerprint density at radius 3 is 2.75 bits per heavy atom. The maximum Gasteiger partial charge on any atom is 0.252 e. The lowest BCUT2D eigenvalue weighted by atomic mass is 10.1. The minimum Gasteiger partial charge on any atom is -0.419 e. The minimum absolute atomic E-state index is 0.114. The van der Waals surface area contributed by atoms with Crippen LogP contribution >= 0.6 is 0 Å². The fourth-order valence-corrected chi connectivity index (χ4v) is 1.69. The topological polar surface area (TPSA) is 93.4 Å². The maximum atomic E-state index is 8.65. The number of hydrogen-bond donors (Lipinski definition) is 0. The Labute approximate surface area is 114 Å². The fourth-order valence-electron chi connectivity index (χ4n) is 1.69. The van der Waals surface area contributed by atoms with E-state index >= 15 is 0 Å². The first kappa shape index (κ1) is 12.0. The molecule has 7 nitrogen and oxygen atoms in total. The molecular weight excluding hydrogens is 256 g/mol. The van der Waals surface area contributed by atoms with E-state index in [0.29, 0.717) is 11.8 Å². The van der Waals surface area contributed by atoms with E-state index in [1.165, 1.54) is 16.6 Å². The average Bonchev–Trinajstić information content (AvgIpc) is 3.09. The van der Waals surface area contributed by atoms with Crippen LogP contribution in [0, 0.1) is 18.3 Å². The predicted octanol–water partition coefficient (Wildman–Crippen LogP) is 1.56. The van der Waals surface area contributed by atoms with Crippen LogP contribution in [0.5, 0.6) is 0 Å². The van der Waals surface area contributed by atoms with E-state index in [1.54, 1.807) is 0 Å². The molecule has 0 amide bonds. The molecule has 0 saturated carbocycles. The first-order chi connectivity index (χ1) is 9.74. The molecule has 2 heterocycles. The Morgan fingerprint density at radius 2 is 2.05 bits per heavy atom. The number of benzene rings is 1. The second-order valence-electron chi connectivity index (χ2n) is 4.24. The third-order valence-corrected chi connectivity index (χ3v) is 2.70. The molecule has 0 fully saturated rings. The molecule has 0 aliphatic heterocycles. The highest BCUT2D eigenvalue weighted by molar-refractivity contribution is 5.52. The summed E-state index contributed by atoms with van der Waals surface area (Å²) in [5, 5.41) is 20.5. The summed E-state index contributed by atoms with van der Waals surface area (Å²) in [6, 6.07) is 9.68. The number of aromatic nitrogens is 5. The zero-order valence-corrected chi connectivity index (χ0v) is 10.7. The summed E-state index contributed by atoms with van der Waals surface area (Å²) in [7, 11) is 0. The van der Waals surface area contributed by atoms with Crippen LogP contribution < -0.4 is 0 Å². The summed E-state index contributed by atoms with van der Waals surface area (Å²) in [6.07, 6.45) is 1.45. The Hall–Kier alpha value is -3.01. The van der Waals surface area contributed by atoms with E-state index < -0.39 is 0 Å². The van der Waals surface area contributed by atoms with E-state index in [2.05, 4.69) is 20.3 Å². The maximum absolute atomic E-state index is 8.65. The summed E-state index contributed by atoms with van der Waals surface area (Å²) < 4.78 is 7.04. The van der Waals surface area contributed by atoms with Crippen molar-refractivity contribution in [2.75, 3.05) is 0 Å². The quantitative estimate of drug-likeness (QED) is 0.714. The lowest BCUT2D eigenvalue weighted by molar-refractivity contribution is 0.473. The van der Waals surface area contributed by atoms with Crippen molar-refractivity contribution in [2.24, 2.45) is 0 Å². The lowest BCUT2D eigenvalue weighted by Crippen LogP contribution is -2.00. The van der Waals surface area contributed by atoms with Crippen molar-refractivity contribution in [3.05, 3.63) is 47.9 Å². The molecule has 0 aliphatic rings. The van der Waals surface area contributed by atoms with Gasteiger partial charge >= 0.3 is 0 Å². The standard InChI is InChI=1S/C13H10N6O/c1-9-2-4-10(5-3-9)13-17-16-12(20-13)7-19-8-15-11(6-14)18-19/h2-5,8H,7H2,1H3. The van der Waals surface area contributed by atoms with Crippen LogP contribution in [-0.4, -0.2) is 25.0 Å². The van der Waals surface area contributed by atoms with Crippen molar-refractivity contribution >= 4 is 0 Å². The van der Waals surface area contributed by atoms with Crippen LogP contribution in [0.1, 0.15) is 17.3 Å². The third-order valence-electron chi connectivity index (χ3n) is 2.70. The summed E-state index contributed by atoms with van der Waals surface area (Å²) in [6.45, 7) is 2.30. The van der Waals surface area contributed by atoms with Gasteiger partial charge in [0.25, 0.3) is 5.82 Å². The Kier molecular flexibility index (Phi) is 2.97. The second kappa shape index (κ2) is 4.93. The van der Waals surface area contributed by atoms with Gasteiger partial charge in [0.15, 0.2) is 0 Å². The molecule has 0 radical (unpaired) electrons. The zero-order chi connectivity index (χ0) is 13.9. The van der Waals surface area contributed by atoms with Crippen molar-refractivity contribution in [1.82, 2.24) is 25.0 Å². The number of nitriles is 1. The molecule has 7 heteroatoms. The zero-order valence-electron chi connectivity index (χ0n) is 10.7. The van der Waals surface area contributed by atoms with Gasteiger partial charge in [0.2, 0.25) is 11.8 Å². The van der Waals surface area contributed by atoms with Gasteiger partial charge in [0.1, 0.15) is 18.9 Å². The van der Waals surface area contributed by atoms with Gasteiger partial charge in [-0.05, 0) is 19.1 Å². The number of nitrogens with zero attached hydrogens (tertiary/aromatic N) is 6. The molecular formula is C13H10N6O. The van der Waals surface area contributed by atoms with Gasteiger partial charge < -0.3 is 4.42 Å². The van der Waals surface area contributed by atoms with Crippen LogP contribution in [0.3, 0.4) is 0 Å². The molecule has 0 N–H and O–H groups in total. The van der Waals surface area contributed by atoms with Gasteiger partial charge in [-0.25, -0.2) is 9.67 Å². The van der Waals surface area contributed by atoms with Gasteiger partial charge in [-0.3, -0.25) is 0 Å². The van der Waals surface area contributed by atoms with E-state index in [9.17, 15) is 0 Å². The molecule has 0 bridgehead atoms.